The summed E-state index contributed by atoms with van der Waals surface area (Å²) >= 11 is 0. The van der Waals surface area contributed by atoms with Crippen LogP contribution in [0.15, 0.2) is 461 Å². The van der Waals surface area contributed by atoms with Gasteiger partial charge in [0.05, 0.1) is 88.3 Å². The standard InChI is InChI=1S/4C31H22N2/c1-21-10-9-13-23(18-21)33-29-17-8-6-15-25(29)27-19-26-24-14-5-7-16-28(24)32(30(26)20-31(27)33)22-11-3-2-4-12-22;1-21-10-9-13-23(20-21)32-28-17-8-6-15-26(28)30-29(32)19-18-25-24-14-5-7-16-27(24)33(31(25)30)22-11-3-2-4-12-22;1-21-10-9-13-23(20-21)33-27-16-7-5-14-24(27)25-18-19-29-30(31(25)33)26-15-6-8-17-28(26)32(29)22-11-3-2-4-12-22;1-21-10-9-13-23(20-21)33-27-17-8-6-15-25(27)31-29(33)19-18-28-30(31)24-14-5-7-16-26(24)32(28)22-11-3-2-4-12-22/h4*2-20H,1H3. The zero-order chi connectivity index (χ0) is 87.8. The van der Waals surface area contributed by atoms with Crippen molar-refractivity contribution in [1.29, 1.82) is 0 Å². The number of fused-ring (bicyclic) bond motifs is 27. The second-order valence-corrected chi connectivity index (χ2v) is 35.0. The largest absolute Gasteiger partial charge is 0.309 e. The number of nitrogens with zero attached hydrogens (tertiary/aromatic N) is 8. The van der Waals surface area contributed by atoms with Crippen LogP contribution in [0.5, 0.6) is 0 Å². The fourth-order valence-electron chi connectivity index (χ4n) is 21.5. The molecular weight excluding hydrogens is 1600 g/mol. The van der Waals surface area contributed by atoms with E-state index in [1.165, 1.54) is 242 Å². The summed E-state index contributed by atoms with van der Waals surface area (Å²) in [5.41, 5.74) is 34.4. The van der Waals surface area contributed by atoms with Gasteiger partial charge in [-0.05, 0) is 232 Å². The maximum Gasteiger partial charge on any atom is 0.0641 e. The van der Waals surface area contributed by atoms with Gasteiger partial charge in [0.25, 0.3) is 0 Å². The summed E-state index contributed by atoms with van der Waals surface area (Å²) in [5.74, 6) is 0. The van der Waals surface area contributed by atoms with Crippen molar-refractivity contribution in [2.24, 2.45) is 0 Å². The summed E-state index contributed by atoms with van der Waals surface area (Å²) in [7, 11) is 0. The summed E-state index contributed by atoms with van der Waals surface area (Å²) in [6.07, 6.45) is 0. The van der Waals surface area contributed by atoms with Crippen LogP contribution in [-0.4, -0.2) is 36.5 Å². The molecule has 20 aromatic carbocycles. The minimum atomic E-state index is 1.18. The second kappa shape index (κ2) is 31.4. The molecule has 8 nitrogen and oxygen atoms in total. The van der Waals surface area contributed by atoms with Gasteiger partial charge >= 0.3 is 0 Å². The molecular formula is C124H88N8. The monoisotopic (exact) mass is 1690 g/mol. The van der Waals surface area contributed by atoms with Crippen LogP contribution < -0.4 is 0 Å². The lowest BCUT2D eigenvalue weighted by molar-refractivity contribution is 1.16. The lowest BCUT2D eigenvalue weighted by Crippen LogP contribution is -1.96. The van der Waals surface area contributed by atoms with Crippen molar-refractivity contribution < 1.29 is 0 Å². The number of benzene rings is 20. The van der Waals surface area contributed by atoms with Gasteiger partial charge in [-0.1, -0.05) is 279 Å². The third-order valence-electron chi connectivity index (χ3n) is 27.0. The Morgan fingerprint density at radius 3 is 0.636 bits per heavy atom. The van der Waals surface area contributed by atoms with Gasteiger partial charge in [0, 0.05) is 132 Å². The van der Waals surface area contributed by atoms with Crippen LogP contribution in [0.3, 0.4) is 0 Å². The molecule has 0 unspecified atom stereocenters. The Balaban J connectivity index is 0.0000000945. The summed E-state index contributed by atoms with van der Waals surface area (Å²) < 4.78 is 19.3. The van der Waals surface area contributed by atoms with Crippen molar-refractivity contribution in [1.82, 2.24) is 36.5 Å². The van der Waals surface area contributed by atoms with Crippen molar-refractivity contribution in [3.63, 3.8) is 0 Å². The summed E-state index contributed by atoms with van der Waals surface area (Å²) in [4.78, 5) is 0. The predicted molar refractivity (Wildman–Crippen MR) is 559 cm³/mol. The average molecular weight is 1690 g/mol. The molecule has 28 aromatic rings. The highest BCUT2D eigenvalue weighted by atomic mass is 15.1. The van der Waals surface area contributed by atoms with Gasteiger partial charge in [0.1, 0.15) is 0 Å². The van der Waals surface area contributed by atoms with E-state index < -0.39 is 0 Å². The highest BCUT2D eigenvalue weighted by Crippen LogP contribution is 2.48. The second-order valence-electron chi connectivity index (χ2n) is 35.0. The molecule has 0 radical (unpaired) electrons. The van der Waals surface area contributed by atoms with Crippen LogP contribution >= 0.6 is 0 Å². The summed E-state index contributed by atoms with van der Waals surface area (Å²) in [6.45, 7) is 8.63. The zero-order valence-corrected chi connectivity index (χ0v) is 73.5. The molecule has 0 spiro atoms. The number of aromatic nitrogens is 8. The van der Waals surface area contributed by atoms with Crippen LogP contribution in [0.1, 0.15) is 22.3 Å². The quantitative estimate of drug-likeness (QED) is 0.145. The molecule has 8 heteroatoms. The third-order valence-corrected chi connectivity index (χ3v) is 27.0. The van der Waals surface area contributed by atoms with Gasteiger partial charge in [-0.15, -0.1) is 0 Å². The van der Waals surface area contributed by atoms with Crippen molar-refractivity contribution in [2.45, 2.75) is 27.7 Å². The Bertz CT molecular complexity index is 9330. The van der Waals surface area contributed by atoms with Gasteiger partial charge in [0.2, 0.25) is 0 Å². The van der Waals surface area contributed by atoms with E-state index in [4.69, 9.17) is 0 Å². The van der Waals surface area contributed by atoms with E-state index >= 15 is 0 Å². The smallest absolute Gasteiger partial charge is 0.0641 e. The normalized spacial score (nSPS) is 11.8. The van der Waals surface area contributed by atoms with Crippen LogP contribution in [0.25, 0.3) is 220 Å². The average Bonchev–Trinajstić information content (AvgIpc) is 1.57. The van der Waals surface area contributed by atoms with Crippen molar-refractivity contribution in [3.05, 3.63) is 483 Å². The molecule has 624 valence electrons. The molecule has 0 saturated carbocycles. The van der Waals surface area contributed by atoms with Gasteiger partial charge in [0.15, 0.2) is 0 Å². The molecule has 0 aliphatic rings. The maximum absolute atomic E-state index is 2.45. The first-order valence-corrected chi connectivity index (χ1v) is 45.6. The van der Waals surface area contributed by atoms with Gasteiger partial charge in [-0.3, -0.25) is 0 Å². The molecule has 8 aromatic heterocycles. The van der Waals surface area contributed by atoms with Crippen LogP contribution in [0.2, 0.25) is 0 Å². The highest BCUT2D eigenvalue weighted by molar-refractivity contribution is 6.31. The van der Waals surface area contributed by atoms with E-state index in [1.54, 1.807) is 0 Å². The van der Waals surface area contributed by atoms with Gasteiger partial charge in [-0.2, -0.15) is 0 Å². The fraction of sp³-hybridized carbons (Fsp3) is 0.0323. The molecule has 0 bridgehead atoms. The number of hydrogen-bond donors (Lipinski definition) is 0. The number of hydrogen-bond acceptors (Lipinski definition) is 0. The van der Waals surface area contributed by atoms with E-state index in [2.05, 4.69) is 525 Å². The number of para-hydroxylation sites is 12. The molecule has 0 amide bonds. The Morgan fingerprint density at radius 2 is 0.318 bits per heavy atom. The third kappa shape index (κ3) is 12.4. The predicted octanol–water partition coefficient (Wildman–Crippen LogP) is 32.8. The van der Waals surface area contributed by atoms with E-state index in [9.17, 15) is 0 Å². The Hall–Kier alpha value is -17.2. The topological polar surface area (TPSA) is 39.4 Å². The van der Waals surface area contributed by atoms with E-state index in [1.807, 2.05) is 0 Å². The van der Waals surface area contributed by atoms with Crippen LogP contribution in [-0.2, 0) is 0 Å². The molecule has 0 atom stereocenters. The molecule has 8 heterocycles. The van der Waals surface area contributed by atoms with Crippen molar-refractivity contribution in [3.8, 4) is 45.5 Å². The molecule has 0 aliphatic heterocycles. The summed E-state index contributed by atoms with van der Waals surface area (Å²) in [5, 5.41) is 20.6. The number of aryl methyl sites for hydroxylation is 4. The van der Waals surface area contributed by atoms with Gasteiger partial charge in [-0.25, -0.2) is 0 Å². The van der Waals surface area contributed by atoms with Crippen LogP contribution in [0.4, 0.5) is 0 Å². The first kappa shape index (κ1) is 77.2. The Kier molecular flexibility index (Phi) is 18.3. The Labute approximate surface area is 762 Å². The molecule has 0 saturated heterocycles. The van der Waals surface area contributed by atoms with E-state index in [-0.39, 0.29) is 0 Å². The van der Waals surface area contributed by atoms with Crippen LogP contribution in [0, 0.1) is 27.7 Å². The molecule has 28 rings (SSSR count). The minimum Gasteiger partial charge on any atom is -0.309 e. The van der Waals surface area contributed by atoms with Gasteiger partial charge < -0.3 is 36.5 Å². The zero-order valence-electron chi connectivity index (χ0n) is 73.5. The molecule has 132 heavy (non-hydrogen) atoms. The minimum absolute atomic E-state index is 1.18. The van der Waals surface area contributed by atoms with Crippen molar-refractivity contribution in [2.75, 3.05) is 0 Å². The molecule has 0 aliphatic carbocycles. The van der Waals surface area contributed by atoms with E-state index in [0.29, 0.717) is 0 Å². The lowest BCUT2D eigenvalue weighted by atomic mass is 10.1. The first-order chi connectivity index (χ1) is 65.2. The lowest BCUT2D eigenvalue weighted by Gasteiger charge is -2.10. The SMILES string of the molecule is Cc1cccc(-n2c3ccccc3c3c2ccc2c4ccccc4n(-c4ccccc4)c23)c1.Cc1cccc(-n2c3ccccc3c3c4c5ccccc5n(-c5ccccc5)c4ccc32)c1.Cc1cccc(-n2c3ccccc3c3cc4c5ccccc5n(-c5ccccc5)c4cc32)c1.Cc1cccc(-n2c3ccccc3c3ccc4c(c5ccccc5n4-c4ccccc4)c32)c1. The summed E-state index contributed by atoms with van der Waals surface area (Å²) in [6, 6.07) is 166. The van der Waals surface area contributed by atoms with E-state index in [0.717, 1.165) is 0 Å². The fourth-order valence-corrected chi connectivity index (χ4v) is 21.5. The highest BCUT2D eigenvalue weighted by Gasteiger charge is 2.27. The Morgan fingerprint density at radius 1 is 0.114 bits per heavy atom. The first-order valence-electron chi connectivity index (χ1n) is 45.6. The molecule has 0 fully saturated rings. The van der Waals surface area contributed by atoms with Crippen molar-refractivity contribution >= 4 is 174 Å². The number of rotatable bonds is 8. The molecule has 0 N–H and O–H groups in total. The maximum atomic E-state index is 2.45.